The first kappa shape index (κ1) is 22.5. The Morgan fingerprint density at radius 2 is 1.58 bits per heavy atom. The van der Waals surface area contributed by atoms with Crippen LogP contribution in [0.15, 0.2) is 48.5 Å². The molecule has 0 aliphatic carbocycles. The number of carbonyl (C=O) groups excluding carboxylic acids is 2. The largest absolute Gasteiger partial charge is 0.497 e. The van der Waals surface area contributed by atoms with Crippen LogP contribution in [0.25, 0.3) is 0 Å². The Balaban J connectivity index is 1.50. The van der Waals surface area contributed by atoms with Gasteiger partial charge >= 0.3 is 6.03 Å². The Morgan fingerprint density at radius 3 is 2.19 bits per heavy atom. The number of hydrogen-bond donors (Lipinski definition) is 2. The lowest BCUT2D eigenvalue weighted by Gasteiger charge is -2.37. The minimum Gasteiger partial charge on any atom is -0.497 e. The summed E-state index contributed by atoms with van der Waals surface area (Å²) in [6, 6.07) is 14.6. The zero-order chi connectivity index (χ0) is 22.4. The second-order valence-electron chi connectivity index (χ2n) is 8.96. The molecule has 7 heteroatoms. The van der Waals surface area contributed by atoms with E-state index in [1.807, 2.05) is 41.3 Å². The maximum atomic E-state index is 12.4. The molecule has 7 nitrogen and oxygen atoms in total. The van der Waals surface area contributed by atoms with Crippen molar-refractivity contribution >= 4 is 29.0 Å². The normalized spacial score (nSPS) is 14.2. The van der Waals surface area contributed by atoms with E-state index in [1.165, 1.54) is 0 Å². The van der Waals surface area contributed by atoms with Gasteiger partial charge in [0, 0.05) is 55.7 Å². The molecule has 1 heterocycles. The molecule has 3 amide bonds. The van der Waals surface area contributed by atoms with E-state index in [4.69, 9.17) is 4.74 Å². The number of urea groups is 1. The van der Waals surface area contributed by atoms with Crippen molar-refractivity contribution in [2.45, 2.75) is 27.2 Å². The molecule has 0 unspecified atom stereocenters. The first-order chi connectivity index (χ1) is 14.7. The lowest BCUT2D eigenvalue weighted by molar-refractivity contribution is -0.133. The third kappa shape index (κ3) is 6.64. The molecule has 0 aromatic heterocycles. The molecule has 2 N–H and O–H groups in total. The van der Waals surface area contributed by atoms with Gasteiger partial charge in [0.2, 0.25) is 5.91 Å². The molecule has 2 aromatic rings. The highest BCUT2D eigenvalue weighted by atomic mass is 16.5. The molecule has 3 rings (SSSR count). The van der Waals surface area contributed by atoms with Crippen LogP contribution in [-0.2, 0) is 4.79 Å². The van der Waals surface area contributed by atoms with Gasteiger partial charge in [-0.05, 0) is 41.8 Å². The van der Waals surface area contributed by atoms with Crippen LogP contribution in [0.2, 0.25) is 0 Å². The Kier molecular flexibility index (Phi) is 7.05. The fourth-order valence-corrected chi connectivity index (χ4v) is 3.53. The van der Waals surface area contributed by atoms with Gasteiger partial charge in [0.1, 0.15) is 5.75 Å². The molecule has 0 atom stereocenters. The van der Waals surface area contributed by atoms with E-state index < -0.39 is 0 Å². The predicted molar refractivity (Wildman–Crippen MR) is 125 cm³/mol. The van der Waals surface area contributed by atoms with Crippen LogP contribution >= 0.6 is 0 Å². The average molecular weight is 425 g/mol. The van der Waals surface area contributed by atoms with E-state index in [0.717, 1.165) is 31.9 Å². The quantitative estimate of drug-likeness (QED) is 0.745. The van der Waals surface area contributed by atoms with Crippen molar-refractivity contribution in [3.05, 3.63) is 48.5 Å². The van der Waals surface area contributed by atoms with Crippen LogP contribution < -0.4 is 20.3 Å². The molecule has 0 radical (unpaired) electrons. The van der Waals surface area contributed by atoms with Crippen LogP contribution in [0.3, 0.4) is 0 Å². The summed E-state index contributed by atoms with van der Waals surface area (Å²) in [6.07, 6.45) is 0.575. The SMILES string of the molecule is COc1cccc(NC(=O)Nc2ccc(N3CCN(C(=O)CC(C)(C)C)CC3)cc2)c1. The Bertz CT molecular complexity index is 898. The summed E-state index contributed by atoms with van der Waals surface area (Å²) in [7, 11) is 1.59. The van der Waals surface area contributed by atoms with E-state index in [0.29, 0.717) is 23.5 Å². The van der Waals surface area contributed by atoms with Crippen LogP contribution in [0.5, 0.6) is 5.75 Å². The van der Waals surface area contributed by atoms with E-state index in [1.54, 1.807) is 19.2 Å². The smallest absolute Gasteiger partial charge is 0.323 e. The third-order valence-electron chi connectivity index (χ3n) is 5.13. The molecule has 0 spiro atoms. The molecule has 0 saturated carbocycles. The van der Waals surface area contributed by atoms with Gasteiger partial charge in [0.05, 0.1) is 7.11 Å². The van der Waals surface area contributed by atoms with E-state index in [9.17, 15) is 9.59 Å². The maximum absolute atomic E-state index is 12.4. The average Bonchev–Trinajstić information content (AvgIpc) is 2.73. The summed E-state index contributed by atoms with van der Waals surface area (Å²) < 4.78 is 5.17. The summed E-state index contributed by atoms with van der Waals surface area (Å²) in [5.41, 5.74) is 2.47. The summed E-state index contributed by atoms with van der Waals surface area (Å²) in [5.74, 6) is 0.913. The summed E-state index contributed by atoms with van der Waals surface area (Å²) in [4.78, 5) is 28.9. The lowest BCUT2D eigenvalue weighted by Crippen LogP contribution is -2.49. The van der Waals surface area contributed by atoms with Crippen molar-refractivity contribution in [1.82, 2.24) is 4.90 Å². The molecule has 1 saturated heterocycles. The van der Waals surface area contributed by atoms with Gasteiger partial charge in [-0.15, -0.1) is 0 Å². The molecule has 0 bridgehead atoms. The van der Waals surface area contributed by atoms with Gasteiger partial charge < -0.3 is 25.2 Å². The maximum Gasteiger partial charge on any atom is 0.323 e. The van der Waals surface area contributed by atoms with E-state index in [2.05, 4.69) is 36.3 Å². The molecular formula is C24H32N4O3. The number of nitrogens with zero attached hydrogens (tertiary/aromatic N) is 2. The first-order valence-electron chi connectivity index (χ1n) is 10.6. The number of hydrogen-bond acceptors (Lipinski definition) is 4. The van der Waals surface area contributed by atoms with Crippen molar-refractivity contribution in [1.29, 1.82) is 0 Å². The Hall–Kier alpha value is -3.22. The third-order valence-corrected chi connectivity index (χ3v) is 5.13. The van der Waals surface area contributed by atoms with Gasteiger partial charge in [-0.25, -0.2) is 4.79 Å². The zero-order valence-electron chi connectivity index (χ0n) is 18.8. The van der Waals surface area contributed by atoms with Gasteiger partial charge in [-0.1, -0.05) is 26.8 Å². The van der Waals surface area contributed by atoms with Crippen molar-refractivity contribution < 1.29 is 14.3 Å². The highest BCUT2D eigenvalue weighted by Crippen LogP contribution is 2.23. The number of nitrogens with one attached hydrogen (secondary N) is 2. The number of carbonyl (C=O) groups is 2. The van der Waals surface area contributed by atoms with E-state index >= 15 is 0 Å². The van der Waals surface area contributed by atoms with Crippen molar-refractivity contribution in [3.63, 3.8) is 0 Å². The van der Waals surface area contributed by atoms with Crippen LogP contribution in [0.4, 0.5) is 21.9 Å². The standard InChI is InChI=1S/C24H32N4O3/c1-24(2,3)17-22(29)28-14-12-27(13-15-28)20-10-8-18(9-11-20)25-23(30)26-19-6-5-7-21(16-19)31-4/h5-11,16H,12-15,17H2,1-4H3,(H2,25,26,30). The van der Waals surface area contributed by atoms with Crippen LogP contribution in [0.1, 0.15) is 27.2 Å². The highest BCUT2D eigenvalue weighted by molar-refractivity contribution is 5.99. The van der Waals surface area contributed by atoms with Crippen molar-refractivity contribution in [2.75, 3.05) is 48.8 Å². The fraction of sp³-hybridized carbons (Fsp3) is 0.417. The number of benzene rings is 2. The molecule has 1 aliphatic rings. The number of rotatable bonds is 5. The summed E-state index contributed by atoms with van der Waals surface area (Å²) in [5, 5.41) is 5.64. The van der Waals surface area contributed by atoms with Gasteiger partial charge in [0.25, 0.3) is 0 Å². The monoisotopic (exact) mass is 424 g/mol. The second kappa shape index (κ2) is 9.73. The minimum absolute atomic E-state index is 0.00984. The number of ether oxygens (including phenoxy) is 1. The summed E-state index contributed by atoms with van der Waals surface area (Å²) >= 11 is 0. The van der Waals surface area contributed by atoms with Crippen LogP contribution in [-0.4, -0.2) is 50.1 Å². The molecule has 1 fully saturated rings. The highest BCUT2D eigenvalue weighted by Gasteiger charge is 2.24. The Morgan fingerprint density at radius 1 is 0.935 bits per heavy atom. The number of methoxy groups -OCH3 is 1. The molecule has 166 valence electrons. The van der Waals surface area contributed by atoms with Crippen molar-refractivity contribution in [3.8, 4) is 5.75 Å². The molecule has 1 aliphatic heterocycles. The summed E-state index contributed by atoms with van der Waals surface area (Å²) in [6.45, 7) is 9.35. The number of amides is 3. The van der Waals surface area contributed by atoms with E-state index in [-0.39, 0.29) is 17.4 Å². The van der Waals surface area contributed by atoms with Gasteiger partial charge in [0.15, 0.2) is 0 Å². The predicted octanol–water partition coefficient (Wildman–Crippen LogP) is 4.42. The van der Waals surface area contributed by atoms with Gasteiger partial charge in [-0.3, -0.25) is 4.79 Å². The number of piperazine rings is 1. The van der Waals surface area contributed by atoms with Crippen LogP contribution in [0, 0.1) is 5.41 Å². The molecular weight excluding hydrogens is 392 g/mol. The first-order valence-corrected chi connectivity index (χ1v) is 10.6. The second-order valence-corrected chi connectivity index (χ2v) is 8.96. The van der Waals surface area contributed by atoms with Crippen molar-refractivity contribution in [2.24, 2.45) is 5.41 Å². The fourth-order valence-electron chi connectivity index (χ4n) is 3.53. The minimum atomic E-state index is -0.313. The molecule has 2 aromatic carbocycles. The van der Waals surface area contributed by atoms with Gasteiger partial charge in [-0.2, -0.15) is 0 Å². The zero-order valence-corrected chi connectivity index (χ0v) is 18.8. The lowest BCUT2D eigenvalue weighted by atomic mass is 9.91. The topological polar surface area (TPSA) is 73.9 Å². The Labute approximate surface area is 184 Å². The number of anilines is 3. The molecule has 31 heavy (non-hydrogen) atoms.